The third-order valence-electron chi connectivity index (χ3n) is 3.29. The summed E-state index contributed by atoms with van der Waals surface area (Å²) in [7, 11) is 0. The van der Waals surface area contributed by atoms with Crippen LogP contribution in [0, 0.1) is 11.3 Å². The van der Waals surface area contributed by atoms with Gasteiger partial charge in [-0.2, -0.15) is 0 Å². The van der Waals surface area contributed by atoms with E-state index in [0.717, 1.165) is 12.0 Å². The van der Waals surface area contributed by atoms with Gasteiger partial charge < -0.3 is 4.90 Å². The Bertz CT molecular complexity index is 168. The van der Waals surface area contributed by atoms with E-state index in [4.69, 9.17) is 0 Å². The standard InChI is InChI=1S/C11H21N/c1-11(2,3)7-10-6-9-4-5-12(10)8-9/h9-10H,4-8H2,1-3H3/t9?,10-/m0/s1. The molecule has 1 heteroatoms. The molecule has 0 aromatic heterocycles. The smallest absolute Gasteiger partial charge is 0.0103 e. The molecule has 0 saturated carbocycles. The van der Waals surface area contributed by atoms with Crippen LogP contribution in [0.3, 0.4) is 0 Å². The fourth-order valence-electron chi connectivity index (χ4n) is 2.84. The van der Waals surface area contributed by atoms with E-state index < -0.39 is 0 Å². The molecule has 2 unspecified atom stereocenters. The summed E-state index contributed by atoms with van der Waals surface area (Å²) in [5.74, 6) is 1.05. The minimum Gasteiger partial charge on any atom is -0.300 e. The Morgan fingerprint density at radius 1 is 1.33 bits per heavy atom. The van der Waals surface area contributed by atoms with E-state index in [0.29, 0.717) is 5.41 Å². The van der Waals surface area contributed by atoms with E-state index in [9.17, 15) is 0 Å². The first-order valence-electron chi connectivity index (χ1n) is 5.29. The zero-order chi connectivity index (χ0) is 8.77. The normalized spacial score (nSPS) is 40.8. The van der Waals surface area contributed by atoms with Crippen LogP contribution in [0.5, 0.6) is 0 Å². The molecule has 2 saturated heterocycles. The van der Waals surface area contributed by atoms with Gasteiger partial charge >= 0.3 is 0 Å². The molecule has 2 rings (SSSR count). The molecule has 0 aromatic carbocycles. The van der Waals surface area contributed by atoms with Crippen LogP contribution in [0.4, 0.5) is 0 Å². The van der Waals surface area contributed by atoms with Gasteiger partial charge in [-0.15, -0.1) is 0 Å². The average molecular weight is 167 g/mol. The summed E-state index contributed by atoms with van der Waals surface area (Å²) in [4.78, 5) is 2.70. The number of hydrogen-bond donors (Lipinski definition) is 0. The Hall–Kier alpha value is -0.0400. The van der Waals surface area contributed by atoms with Crippen molar-refractivity contribution in [2.75, 3.05) is 13.1 Å². The third-order valence-corrected chi connectivity index (χ3v) is 3.29. The van der Waals surface area contributed by atoms with Crippen LogP contribution in [-0.4, -0.2) is 24.0 Å². The molecule has 2 fully saturated rings. The highest BCUT2D eigenvalue weighted by atomic mass is 15.2. The lowest BCUT2D eigenvalue weighted by Crippen LogP contribution is -2.32. The van der Waals surface area contributed by atoms with Gasteiger partial charge in [-0.1, -0.05) is 20.8 Å². The van der Waals surface area contributed by atoms with E-state index in [1.54, 1.807) is 0 Å². The summed E-state index contributed by atoms with van der Waals surface area (Å²) in [5.41, 5.74) is 0.523. The first-order valence-corrected chi connectivity index (χ1v) is 5.29. The highest BCUT2D eigenvalue weighted by molar-refractivity contribution is 4.93. The highest BCUT2D eigenvalue weighted by Crippen LogP contribution is 2.38. The predicted molar refractivity (Wildman–Crippen MR) is 52.2 cm³/mol. The van der Waals surface area contributed by atoms with Gasteiger partial charge in [0, 0.05) is 12.6 Å². The molecular formula is C11H21N. The Kier molecular flexibility index (Phi) is 1.95. The molecule has 2 heterocycles. The maximum absolute atomic E-state index is 2.70. The Morgan fingerprint density at radius 2 is 2.08 bits per heavy atom. The molecule has 0 amide bonds. The van der Waals surface area contributed by atoms with Crippen LogP contribution in [0.2, 0.25) is 0 Å². The van der Waals surface area contributed by atoms with E-state index in [-0.39, 0.29) is 0 Å². The number of hydrogen-bond acceptors (Lipinski definition) is 1. The van der Waals surface area contributed by atoms with Crippen molar-refractivity contribution >= 4 is 0 Å². The van der Waals surface area contributed by atoms with Gasteiger partial charge in [-0.05, 0) is 37.1 Å². The predicted octanol–water partition coefficient (Wildman–Crippen LogP) is 2.52. The zero-order valence-corrected chi connectivity index (χ0v) is 8.64. The second-order valence-corrected chi connectivity index (χ2v) is 5.80. The number of piperidine rings is 1. The van der Waals surface area contributed by atoms with Gasteiger partial charge in [0.15, 0.2) is 0 Å². The maximum Gasteiger partial charge on any atom is 0.0103 e. The van der Waals surface area contributed by atoms with Gasteiger partial charge in [0.2, 0.25) is 0 Å². The van der Waals surface area contributed by atoms with Crippen molar-refractivity contribution in [1.29, 1.82) is 0 Å². The minimum atomic E-state index is 0.523. The van der Waals surface area contributed by atoms with E-state index in [1.807, 2.05) is 0 Å². The molecule has 0 spiro atoms. The lowest BCUT2D eigenvalue weighted by molar-refractivity contribution is 0.192. The van der Waals surface area contributed by atoms with Gasteiger partial charge in [0.1, 0.15) is 0 Å². The van der Waals surface area contributed by atoms with Crippen molar-refractivity contribution in [2.24, 2.45) is 11.3 Å². The van der Waals surface area contributed by atoms with Crippen molar-refractivity contribution in [2.45, 2.75) is 46.1 Å². The monoisotopic (exact) mass is 167 g/mol. The van der Waals surface area contributed by atoms with Gasteiger partial charge in [-0.25, -0.2) is 0 Å². The van der Waals surface area contributed by atoms with Crippen molar-refractivity contribution < 1.29 is 0 Å². The van der Waals surface area contributed by atoms with Crippen molar-refractivity contribution in [3.8, 4) is 0 Å². The van der Waals surface area contributed by atoms with Crippen LogP contribution in [0.1, 0.15) is 40.0 Å². The third kappa shape index (κ3) is 1.66. The Morgan fingerprint density at radius 3 is 2.50 bits per heavy atom. The fraction of sp³-hybridized carbons (Fsp3) is 1.00. The summed E-state index contributed by atoms with van der Waals surface area (Å²) >= 11 is 0. The largest absolute Gasteiger partial charge is 0.300 e. The van der Waals surface area contributed by atoms with Crippen LogP contribution in [0.25, 0.3) is 0 Å². The first-order chi connectivity index (χ1) is 5.54. The Labute approximate surface area is 76.1 Å². The molecule has 0 radical (unpaired) electrons. The van der Waals surface area contributed by atoms with Crippen LogP contribution < -0.4 is 0 Å². The second-order valence-electron chi connectivity index (χ2n) is 5.80. The molecule has 3 atom stereocenters. The van der Waals surface area contributed by atoms with E-state index >= 15 is 0 Å². The molecule has 12 heavy (non-hydrogen) atoms. The molecule has 1 nitrogen and oxygen atoms in total. The maximum atomic E-state index is 2.70. The lowest BCUT2D eigenvalue weighted by atomic mass is 9.85. The molecule has 2 bridgehead atoms. The summed E-state index contributed by atoms with van der Waals surface area (Å²) in [5, 5.41) is 0. The number of fused-ring (bicyclic) bond motifs is 2. The molecule has 2 aliphatic heterocycles. The Balaban J connectivity index is 1.91. The van der Waals surface area contributed by atoms with Crippen LogP contribution >= 0.6 is 0 Å². The molecule has 0 N–H and O–H groups in total. The van der Waals surface area contributed by atoms with Gasteiger partial charge in [0.05, 0.1) is 0 Å². The van der Waals surface area contributed by atoms with Crippen molar-refractivity contribution in [3.63, 3.8) is 0 Å². The summed E-state index contributed by atoms with van der Waals surface area (Å²) < 4.78 is 0. The molecule has 2 aliphatic rings. The number of nitrogens with zero attached hydrogens (tertiary/aromatic N) is 1. The second kappa shape index (κ2) is 2.73. The average Bonchev–Trinajstić information content (AvgIpc) is 2.42. The van der Waals surface area contributed by atoms with Gasteiger partial charge in [-0.3, -0.25) is 0 Å². The van der Waals surface area contributed by atoms with Crippen molar-refractivity contribution in [1.82, 2.24) is 4.90 Å². The van der Waals surface area contributed by atoms with E-state index in [2.05, 4.69) is 25.7 Å². The summed E-state index contributed by atoms with van der Waals surface area (Å²) in [6.45, 7) is 9.87. The first kappa shape index (κ1) is 8.55. The lowest BCUT2D eigenvalue weighted by Gasteiger charge is -2.30. The summed E-state index contributed by atoms with van der Waals surface area (Å²) in [6, 6.07) is 0.920. The highest BCUT2D eigenvalue weighted by Gasteiger charge is 2.38. The summed E-state index contributed by atoms with van der Waals surface area (Å²) in [6.07, 6.45) is 4.35. The van der Waals surface area contributed by atoms with Gasteiger partial charge in [0.25, 0.3) is 0 Å². The van der Waals surface area contributed by atoms with Crippen molar-refractivity contribution in [3.05, 3.63) is 0 Å². The molecule has 70 valence electrons. The van der Waals surface area contributed by atoms with E-state index in [1.165, 1.54) is 32.4 Å². The number of rotatable bonds is 1. The molecule has 0 aromatic rings. The fourth-order valence-corrected chi connectivity index (χ4v) is 2.84. The quantitative estimate of drug-likeness (QED) is 0.580. The SMILES string of the molecule is CC(C)(C)C[C@@H]1CC2CCN1C2. The molecule has 0 aliphatic carbocycles. The van der Waals surface area contributed by atoms with Crippen LogP contribution in [-0.2, 0) is 0 Å². The van der Waals surface area contributed by atoms with Crippen LogP contribution in [0.15, 0.2) is 0 Å². The minimum absolute atomic E-state index is 0.523. The zero-order valence-electron chi connectivity index (χ0n) is 8.64. The topological polar surface area (TPSA) is 3.24 Å². The molecular weight excluding hydrogens is 146 g/mol.